The lowest BCUT2D eigenvalue weighted by atomic mass is 10.1. The van der Waals surface area contributed by atoms with Crippen LogP contribution in [0.4, 0.5) is 0 Å². The van der Waals surface area contributed by atoms with E-state index in [0.717, 1.165) is 12.8 Å². The van der Waals surface area contributed by atoms with E-state index in [-0.39, 0.29) is 11.9 Å². The first-order valence-corrected chi connectivity index (χ1v) is 5.03. The molecule has 0 fully saturated rings. The molecule has 0 aromatic heterocycles. The normalized spacial score (nSPS) is 13.8. The van der Waals surface area contributed by atoms with Crippen molar-refractivity contribution in [3.05, 3.63) is 0 Å². The van der Waals surface area contributed by atoms with Gasteiger partial charge in [0.05, 0.1) is 0 Å². The molecule has 0 aromatic carbocycles. The van der Waals surface area contributed by atoms with Gasteiger partial charge in [-0.1, -0.05) is 13.3 Å². The second kappa shape index (κ2) is 5.98. The maximum Gasteiger partial charge on any atom is 0.251 e. The molecule has 0 aliphatic rings. The van der Waals surface area contributed by atoms with Gasteiger partial charge >= 0.3 is 0 Å². The molecule has 0 saturated carbocycles. The lowest BCUT2D eigenvalue weighted by Crippen LogP contribution is -2.47. The number of hydrogen-bond acceptors (Lipinski definition) is 3. The molecule has 4 nitrogen and oxygen atoms in total. The number of amides is 1. The average Bonchev–Trinajstić information content (AvgIpc) is 2.14. The molecule has 0 rings (SSSR count). The van der Waals surface area contributed by atoms with E-state index in [2.05, 4.69) is 12.2 Å². The molecule has 3 N–H and O–H groups in total. The molecule has 14 heavy (non-hydrogen) atoms. The minimum Gasteiger partial charge on any atom is -0.369 e. The maximum absolute atomic E-state index is 11.5. The van der Waals surface area contributed by atoms with E-state index in [1.165, 1.54) is 7.11 Å². The highest BCUT2D eigenvalue weighted by molar-refractivity contribution is 5.84. The number of methoxy groups -OCH3 is 1. The Bertz CT molecular complexity index is 181. The molecule has 0 radical (unpaired) electrons. The summed E-state index contributed by atoms with van der Waals surface area (Å²) in [5, 5.41) is 2.77. The molecule has 0 spiro atoms. The van der Waals surface area contributed by atoms with E-state index in [1.54, 1.807) is 13.8 Å². The fraction of sp³-hybridized carbons (Fsp3) is 0.900. The number of ether oxygens (including phenoxy) is 1. The van der Waals surface area contributed by atoms with Crippen molar-refractivity contribution in [2.24, 2.45) is 5.73 Å². The fourth-order valence-corrected chi connectivity index (χ4v) is 1.00. The van der Waals surface area contributed by atoms with E-state index in [9.17, 15) is 4.79 Å². The zero-order valence-electron chi connectivity index (χ0n) is 9.59. The van der Waals surface area contributed by atoms with Crippen LogP contribution < -0.4 is 11.1 Å². The van der Waals surface area contributed by atoms with Gasteiger partial charge < -0.3 is 15.8 Å². The number of rotatable bonds is 6. The van der Waals surface area contributed by atoms with Crippen LogP contribution in [0.3, 0.4) is 0 Å². The minimum absolute atomic E-state index is 0.0385. The molecule has 0 heterocycles. The Morgan fingerprint density at radius 3 is 2.57 bits per heavy atom. The Kier molecular flexibility index (Phi) is 5.72. The summed E-state index contributed by atoms with van der Waals surface area (Å²) in [4.78, 5) is 11.5. The van der Waals surface area contributed by atoms with Gasteiger partial charge in [-0.2, -0.15) is 0 Å². The van der Waals surface area contributed by atoms with Crippen LogP contribution in [0.15, 0.2) is 0 Å². The third-order valence-corrected chi connectivity index (χ3v) is 2.24. The third kappa shape index (κ3) is 4.58. The van der Waals surface area contributed by atoms with E-state index in [0.29, 0.717) is 6.54 Å². The Morgan fingerprint density at radius 1 is 1.57 bits per heavy atom. The molecule has 1 amide bonds. The zero-order chi connectivity index (χ0) is 11.2. The van der Waals surface area contributed by atoms with Crippen LogP contribution in [0.5, 0.6) is 0 Å². The van der Waals surface area contributed by atoms with Crippen LogP contribution in [-0.2, 0) is 9.53 Å². The molecule has 0 aliphatic carbocycles. The second-order valence-electron chi connectivity index (χ2n) is 3.97. The molecule has 0 aliphatic heterocycles. The zero-order valence-corrected chi connectivity index (χ0v) is 9.59. The van der Waals surface area contributed by atoms with E-state index in [4.69, 9.17) is 10.5 Å². The minimum atomic E-state index is -0.772. The van der Waals surface area contributed by atoms with Gasteiger partial charge in [0, 0.05) is 19.7 Å². The monoisotopic (exact) mass is 202 g/mol. The highest BCUT2D eigenvalue weighted by Crippen LogP contribution is 2.06. The lowest BCUT2D eigenvalue weighted by Gasteiger charge is -2.22. The standard InChI is InChI=1S/C10H22N2O2/c1-5-6-8(11)7-12-9(13)10(2,3)14-4/h8H,5-7,11H2,1-4H3,(H,12,13). The van der Waals surface area contributed by atoms with Gasteiger partial charge in [0.15, 0.2) is 0 Å². The Balaban J connectivity index is 3.85. The summed E-state index contributed by atoms with van der Waals surface area (Å²) in [7, 11) is 1.52. The predicted molar refractivity (Wildman–Crippen MR) is 57.0 cm³/mol. The SMILES string of the molecule is CCCC(N)CNC(=O)C(C)(C)OC. The Labute approximate surface area is 86.2 Å². The average molecular weight is 202 g/mol. The fourth-order valence-electron chi connectivity index (χ4n) is 1.00. The summed E-state index contributed by atoms with van der Waals surface area (Å²) in [6.45, 7) is 6.04. The van der Waals surface area contributed by atoms with Crippen LogP contribution in [0, 0.1) is 0 Å². The first-order chi connectivity index (χ1) is 6.44. The van der Waals surface area contributed by atoms with Crippen molar-refractivity contribution in [2.45, 2.75) is 45.3 Å². The smallest absolute Gasteiger partial charge is 0.251 e. The number of hydrogen-bond donors (Lipinski definition) is 2. The third-order valence-electron chi connectivity index (χ3n) is 2.24. The van der Waals surface area contributed by atoms with Crippen LogP contribution in [0.1, 0.15) is 33.6 Å². The highest BCUT2D eigenvalue weighted by atomic mass is 16.5. The summed E-state index contributed by atoms with van der Waals surface area (Å²) >= 11 is 0. The van der Waals surface area contributed by atoms with Gasteiger partial charge in [0.1, 0.15) is 5.60 Å². The Hall–Kier alpha value is -0.610. The van der Waals surface area contributed by atoms with Crippen molar-refractivity contribution in [3.8, 4) is 0 Å². The molecule has 0 saturated heterocycles. The van der Waals surface area contributed by atoms with Crippen molar-refractivity contribution in [2.75, 3.05) is 13.7 Å². The van der Waals surface area contributed by atoms with Crippen LogP contribution in [-0.4, -0.2) is 31.2 Å². The van der Waals surface area contributed by atoms with Crippen molar-refractivity contribution < 1.29 is 9.53 Å². The Morgan fingerprint density at radius 2 is 2.14 bits per heavy atom. The molecule has 4 heteroatoms. The number of carbonyl (C=O) groups is 1. The second-order valence-corrected chi connectivity index (χ2v) is 3.97. The summed E-state index contributed by atoms with van der Waals surface area (Å²) < 4.78 is 5.04. The summed E-state index contributed by atoms with van der Waals surface area (Å²) in [6, 6.07) is 0.0385. The molecular weight excluding hydrogens is 180 g/mol. The first kappa shape index (κ1) is 13.4. The highest BCUT2D eigenvalue weighted by Gasteiger charge is 2.26. The van der Waals surface area contributed by atoms with Gasteiger partial charge in [-0.15, -0.1) is 0 Å². The van der Waals surface area contributed by atoms with Crippen molar-refractivity contribution in [1.29, 1.82) is 0 Å². The van der Waals surface area contributed by atoms with E-state index >= 15 is 0 Å². The van der Waals surface area contributed by atoms with E-state index < -0.39 is 5.60 Å². The molecule has 84 valence electrons. The molecule has 0 bridgehead atoms. The largest absolute Gasteiger partial charge is 0.369 e. The first-order valence-electron chi connectivity index (χ1n) is 5.03. The molecular formula is C10H22N2O2. The van der Waals surface area contributed by atoms with Gasteiger partial charge in [0.25, 0.3) is 5.91 Å². The lowest BCUT2D eigenvalue weighted by molar-refractivity contribution is -0.139. The van der Waals surface area contributed by atoms with Crippen molar-refractivity contribution in [1.82, 2.24) is 5.32 Å². The van der Waals surface area contributed by atoms with Gasteiger partial charge in [-0.25, -0.2) is 0 Å². The van der Waals surface area contributed by atoms with Crippen LogP contribution >= 0.6 is 0 Å². The number of nitrogens with two attached hydrogens (primary N) is 1. The van der Waals surface area contributed by atoms with Gasteiger partial charge in [-0.3, -0.25) is 4.79 Å². The maximum atomic E-state index is 11.5. The predicted octanol–water partition coefficient (Wildman–Crippen LogP) is 0.655. The number of nitrogens with one attached hydrogen (secondary N) is 1. The van der Waals surface area contributed by atoms with Gasteiger partial charge in [0.2, 0.25) is 0 Å². The van der Waals surface area contributed by atoms with E-state index in [1.807, 2.05) is 0 Å². The van der Waals surface area contributed by atoms with Crippen LogP contribution in [0.2, 0.25) is 0 Å². The number of carbonyl (C=O) groups excluding carboxylic acids is 1. The topological polar surface area (TPSA) is 64.3 Å². The molecule has 1 unspecified atom stereocenters. The summed E-state index contributed by atoms with van der Waals surface area (Å²) in [5.41, 5.74) is 4.99. The van der Waals surface area contributed by atoms with Crippen LogP contribution in [0.25, 0.3) is 0 Å². The summed E-state index contributed by atoms with van der Waals surface area (Å²) in [5.74, 6) is -0.119. The summed E-state index contributed by atoms with van der Waals surface area (Å²) in [6.07, 6.45) is 1.96. The molecule has 1 atom stereocenters. The quantitative estimate of drug-likeness (QED) is 0.665. The van der Waals surface area contributed by atoms with Crippen molar-refractivity contribution >= 4 is 5.91 Å². The van der Waals surface area contributed by atoms with Crippen molar-refractivity contribution in [3.63, 3.8) is 0 Å². The molecule has 0 aromatic rings. The van der Waals surface area contributed by atoms with Gasteiger partial charge in [-0.05, 0) is 20.3 Å².